The summed E-state index contributed by atoms with van der Waals surface area (Å²) in [6, 6.07) is 5.47. The monoisotopic (exact) mass is 276 g/mol. The molecule has 1 saturated carbocycles. The van der Waals surface area contributed by atoms with Gasteiger partial charge in [-0.2, -0.15) is 0 Å². The van der Waals surface area contributed by atoms with E-state index in [1.807, 2.05) is 34.7 Å². The van der Waals surface area contributed by atoms with Gasteiger partial charge in [-0.25, -0.2) is 4.39 Å². The summed E-state index contributed by atoms with van der Waals surface area (Å²) in [5.74, 6) is 0.609. The predicted octanol–water partition coefficient (Wildman–Crippen LogP) is 3.70. The van der Waals surface area contributed by atoms with Crippen LogP contribution >= 0.6 is 22.6 Å². The van der Waals surface area contributed by atoms with E-state index in [4.69, 9.17) is 0 Å². The maximum absolute atomic E-state index is 12.9. The second-order valence-corrected chi connectivity index (χ2v) is 4.46. The second kappa shape index (κ2) is 3.32. The Bertz CT molecular complexity index is 292. The van der Waals surface area contributed by atoms with Gasteiger partial charge in [0.15, 0.2) is 0 Å². The lowest BCUT2D eigenvalue weighted by Crippen LogP contribution is -2.08. The molecule has 0 amide bonds. The van der Waals surface area contributed by atoms with Crippen LogP contribution in [0.4, 0.5) is 4.39 Å². The van der Waals surface area contributed by atoms with E-state index in [-0.39, 0.29) is 5.82 Å². The van der Waals surface area contributed by atoms with Crippen LogP contribution in [-0.2, 0) is 0 Å². The zero-order valence-electron chi connectivity index (χ0n) is 6.69. The molecule has 12 heavy (non-hydrogen) atoms. The van der Waals surface area contributed by atoms with E-state index in [1.54, 1.807) is 6.07 Å². The van der Waals surface area contributed by atoms with E-state index in [2.05, 4.69) is 0 Å². The Morgan fingerprint density at radius 2 is 2.08 bits per heavy atom. The minimum absolute atomic E-state index is 0.0985. The number of benzene rings is 1. The summed E-state index contributed by atoms with van der Waals surface area (Å²) < 4.78 is 13.6. The van der Waals surface area contributed by atoms with Crippen molar-refractivity contribution in [2.75, 3.05) is 0 Å². The van der Waals surface area contributed by atoms with Crippen molar-refractivity contribution in [1.29, 1.82) is 0 Å². The molecule has 0 aromatic heterocycles. The van der Waals surface area contributed by atoms with Crippen LogP contribution in [0, 0.1) is 9.39 Å². The normalized spacial score (nSPS) is 17.5. The largest absolute Gasteiger partial charge is 0.206 e. The van der Waals surface area contributed by atoms with Gasteiger partial charge in [-0.3, -0.25) is 0 Å². The third-order valence-corrected chi connectivity index (χ3v) is 3.35. The number of halogens is 2. The maximum atomic E-state index is 12.9. The van der Waals surface area contributed by atoms with Crippen molar-refractivity contribution in [3.05, 3.63) is 33.1 Å². The summed E-state index contributed by atoms with van der Waals surface area (Å²) in [5.41, 5.74) is 1.31. The highest BCUT2D eigenvalue weighted by Crippen LogP contribution is 2.36. The van der Waals surface area contributed by atoms with Crippen LogP contribution < -0.4 is 0 Å². The van der Waals surface area contributed by atoms with Gasteiger partial charge < -0.3 is 0 Å². The first-order valence-corrected chi connectivity index (χ1v) is 5.30. The quantitative estimate of drug-likeness (QED) is 0.686. The van der Waals surface area contributed by atoms with Gasteiger partial charge in [0.1, 0.15) is 5.82 Å². The van der Waals surface area contributed by atoms with Gasteiger partial charge >= 0.3 is 0 Å². The average molecular weight is 276 g/mol. The van der Waals surface area contributed by atoms with Crippen molar-refractivity contribution in [1.82, 2.24) is 0 Å². The molecule has 0 aliphatic heterocycles. The smallest absolute Gasteiger partial charge is 0.136 e. The van der Waals surface area contributed by atoms with E-state index in [1.165, 1.54) is 24.8 Å². The first kappa shape index (κ1) is 8.48. The summed E-state index contributed by atoms with van der Waals surface area (Å²) in [4.78, 5) is 0. The number of hydrogen-bond acceptors (Lipinski definition) is 0. The first-order chi connectivity index (χ1) is 5.77. The molecule has 0 heterocycles. The van der Waals surface area contributed by atoms with E-state index >= 15 is 0 Å². The number of rotatable bonds is 1. The van der Waals surface area contributed by atoms with Crippen molar-refractivity contribution in [2.45, 2.75) is 25.2 Å². The molecule has 0 nitrogen and oxygen atoms in total. The molecule has 64 valence electrons. The average Bonchev–Trinajstić information content (AvgIpc) is 1.93. The Labute approximate surface area is 85.3 Å². The fourth-order valence-electron chi connectivity index (χ4n) is 1.51. The fraction of sp³-hybridized carbons (Fsp3) is 0.400. The summed E-state index contributed by atoms with van der Waals surface area (Å²) in [7, 11) is 0. The standard InChI is InChI=1S/C10H10FI/c11-9-5-4-8(6-10(9)12)7-2-1-3-7/h4-7H,1-3H2. The number of hydrogen-bond donors (Lipinski definition) is 0. The molecule has 1 aromatic carbocycles. The predicted molar refractivity (Wildman–Crippen MR) is 55.7 cm³/mol. The van der Waals surface area contributed by atoms with Gasteiger partial charge in [0.2, 0.25) is 0 Å². The van der Waals surface area contributed by atoms with E-state index in [9.17, 15) is 4.39 Å². The third kappa shape index (κ3) is 1.49. The Morgan fingerprint density at radius 3 is 2.58 bits per heavy atom. The Kier molecular flexibility index (Phi) is 2.35. The summed E-state index contributed by atoms with van der Waals surface area (Å²) in [6.45, 7) is 0. The maximum Gasteiger partial charge on any atom is 0.136 e. The highest BCUT2D eigenvalue weighted by Gasteiger charge is 2.19. The summed E-state index contributed by atoms with van der Waals surface area (Å²) in [5, 5.41) is 0. The molecular weight excluding hydrogens is 266 g/mol. The van der Waals surface area contributed by atoms with Crippen LogP contribution in [0.15, 0.2) is 18.2 Å². The molecule has 1 fully saturated rings. The lowest BCUT2D eigenvalue weighted by atomic mass is 9.80. The molecule has 0 N–H and O–H groups in total. The highest BCUT2D eigenvalue weighted by atomic mass is 127. The van der Waals surface area contributed by atoms with Gasteiger partial charge in [0, 0.05) is 3.57 Å². The first-order valence-electron chi connectivity index (χ1n) is 4.22. The van der Waals surface area contributed by atoms with Crippen LogP contribution in [0.3, 0.4) is 0 Å². The topological polar surface area (TPSA) is 0 Å². The van der Waals surface area contributed by atoms with Crippen molar-refractivity contribution >= 4 is 22.6 Å². The SMILES string of the molecule is Fc1ccc(C2CCC2)cc1I. The van der Waals surface area contributed by atoms with Crippen LogP contribution in [0.2, 0.25) is 0 Å². The third-order valence-electron chi connectivity index (χ3n) is 2.52. The van der Waals surface area contributed by atoms with Gasteiger partial charge in [-0.1, -0.05) is 12.5 Å². The molecular formula is C10H10FI. The zero-order chi connectivity index (χ0) is 8.55. The Balaban J connectivity index is 2.27. The van der Waals surface area contributed by atoms with Crippen molar-refractivity contribution in [2.24, 2.45) is 0 Å². The molecule has 1 aliphatic carbocycles. The van der Waals surface area contributed by atoms with Gasteiger partial charge in [-0.15, -0.1) is 0 Å². The van der Waals surface area contributed by atoms with Gasteiger partial charge in [-0.05, 0) is 59.0 Å². The molecule has 0 spiro atoms. The zero-order valence-corrected chi connectivity index (χ0v) is 8.84. The van der Waals surface area contributed by atoms with Crippen molar-refractivity contribution < 1.29 is 4.39 Å². The fourth-order valence-corrected chi connectivity index (χ4v) is 2.05. The van der Waals surface area contributed by atoms with E-state index in [0.717, 1.165) is 3.57 Å². The van der Waals surface area contributed by atoms with Crippen molar-refractivity contribution in [3.63, 3.8) is 0 Å². The lowest BCUT2D eigenvalue weighted by Gasteiger charge is -2.25. The minimum atomic E-state index is -0.0985. The molecule has 0 bridgehead atoms. The molecule has 1 aromatic rings. The summed E-state index contributed by atoms with van der Waals surface area (Å²) >= 11 is 2.05. The lowest BCUT2D eigenvalue weighted by molar-refractivity contribution is 0.419. The van der Waals surface area contributed by atoms with Crippen LogP contribution in [0.25, 0.3) is 0 Å². The molecule has 0 radical (unpaired) electrons. The minimum Gasteiger partial charge on any atom is -0.206 e. The van der Waals surface area contributed by atoms with Crippen LogP contribution in [-0.4, -0.2) is 0 Å². The second-order valence-electron chi connectivity index (χ2n) is 3.30. The molecule has 0 unspecified atom stereocenters. The van der Waals surface area contributed by atoms with Crippen molar-refractivity contribution in [3.8, 4) is 0 Å². The van der Waals surface area contributed by atoms with E-state index < -0.39 is 0 Å². The molecule has 2 heteroatoms. The summed E-state index contributed by atoms with van der Waals surface area (Å²) in [6.07, 6.45) is 3.89. The van der Waals surface area contributed by atoms with Crippen LogP contribution in [0.5, 0.6) is 0 Å². The molecule has 0 atom stereocenters. The Morgan fingerprint density at radius 1 is 1.33 bits per heavy atom. The van der Waals surface area contributed by atoms with E-state index in [0.29, 0.717) is 5.92 Å². The Hall–Kier alpha value is -0.120. The molecule has 2 rings (SSSR count). The highest BCUT2D eigenvalue weighted by molar-refractivity contribution is 14.1. The van der Waals surface area contributed by atoms with Crippen LogP contribution in [0.1, 0.15) is 30.7 Å². The van der Waals surface area contributed by atoms with Gasteiger partial charge in [0.25, 0.3) is 0 Å². The van der Waals surface area contributed by atoms with Gasteiger partial charge in [0.05, 0.1) is 0 Å². The molecule has 0 saturated heterocycles. The molecule has 1 aliphatic rings.